The highest BCUT2D eigenvalue weighted by molar-refractivity contribution is 9.08. The first kappa shape index (κ1) is 21.4. The molecule has 132 valence electrons. The Hall–Kier alpha value is -0.640. The summed E-state index contributed by atoms with van der Waals surface area (Å²) in [5.41, 5.74) is 0. The van der Waals surface area contributed by atoms with Crippen LogP contribution in [0.25, 0.3) is 0 Å². The zero-order valence-electron chi connectivity index (χ0n) is 12.6. The van der Waals surface area contributed by atoms with Crippen molar-refractivity contribution in [2.24, 2.45) is 0 Å². The van der Waals surface area contributed by atoms with E-state index >= 15 is 0 Å². The summed E-state index contributed by atoms with van der Waals surface area (Å²) in [6, 6.07) is 3.31. The first-order chi connectivity index (χ1) is 11.4. The third kappa shape index (κ3) is 5.72. The highest BCUT2D eigenvalue weighted by Crippen LogP contribution is 2.29. The fourth-order valence-electron chi connectivity index (χ4n) is 1.44. The van der Waals surface area contributed by atoms with Gasteiger partial charge in [0.25, 0.3) is 0 Å². The van der Waals surface area contributed by atoms with Crippen LogP contribution in [0, 0.1) is 0 Å². The normalized spacial score (nSPS) is 9.92. The zero-order chi connectivity index (χ0) is 18.3. The molecule has 24 heavy (non-hydrogen) atoms. The van der Waals surface area contributed by atoms with Gasteiger partial charge in [0.05, 0.1) is 30.9 Å². The molecule has 0 spiro atoms. The lowest BCUT2D eigenvalue weighted by Gasteiger charge is -1.93. The van der Waals surface area contributed by atoms with E-state index in [1.54, 1.807) is 12.1 Å². The number of hydrogen-bond acceptors (Lipinski definition) is 7. The fourth-order valence-corrected chi connectivity index (χ4v) is 4.37. The summed E-state index contributed by atoms with van der Waals surface area (Å²) in [4.78, 5) is 24.5. The maximum Gasteiger partial charge on any atom is 0.349 e. The van der Waals surface area contributed by atoms with Crippen molar-refractivity contribution in [3.05, 3.63) is 41.7 Å². The summed E-state index contributed by atoms with van der Waals surface area (Å²) in [5, 5.41) is 10.2. The quantitative estimate of drug-likeness (QED) is 0.509. The Morgan fingerprint density at radius 3 is 1.75 bits per heavy atom. The Morgan fingerprint density at radius 1 is 1.04 bits per heavy atom. The average molecular weight is 476 g/mol. The molecule has 0 saturated heterocycles. The number of aliphatic hydroxyl groups is 1. The molecule has 0 saturated carbocycles. The van der Waals surface area contributed by atoms with Crippen LogP contribution < -0.4 is 0 Å². The predicted molar refractivity (Wildman–Crippen MR) is 99.9 cm³/mol. The van der Waals surface area contributed by atoms with Crippen LogP contribution in [0.4, 0.5) is 0 Å². The molecule has 0 aliphatic heterocycles. The molecule has 2 rings (SSSR count). The SMILES string of the molecule is COC(=O)c1sc(CBr)cc1Cl.COC(=O)c1sc(CO)cc1Cl. The van der Waals surface area contributed by atoms with E-state index in [0.717, 1.165) is 16.2 Å². The topological polar surface area (TPSA) is 72.8 Å². The Labute approximate surface area is 165 Å². The van der Waals surface area contributed by atoms with Crippen LogP contribution in [0.3, 0.4) is 0 Å². The molecular weight excluding hydrogens is 463 g/mol. The van der Waals surface area contributed by atoms with Crippen molar-refractivity contribution in [3.63, 3.8) is 0 Å². The van der Waals surface area contributed by atoms with E-state index in [9.17, 15) is 9.59 Å². The summed E-state index contributed by atoms with van der Waals surface area (Å²) in [6.07, 6.45) is 0. The maximum atomic E-state index is 11.1. The van der Waals surface area contributed by atoms with Gasteiger partial charge in [-0.3, -0.25) is 0 Å². The molecule has 0 aliphatic rings. The number of alkyl halides is 1. The number of esters is 2. The van der Waals surface area contributed by atoms with Crippen LogP contribution in [-0.4, -0.2) is 31.3 Å². The van der Waals surface area contributed by atoms with E-state index < -0.39 is 5.97 Å². The molecule has 0 aliphatic carbocycles. The number of hydrogen-bond donors (Lipinski definition) is 1. The second kappa shape index (κ2) is 10.4. The number of thiophene rings is 2. The molecular formula is C14H13BrCl2O5S2. The summed E-state index contributed by atoms with van der Waals surface area (Å²) >= 11 is 17.2. The third-order valence-corrected chi connectivity index (χ3v) is 6.52. The fraction of sp³-hybridized carbons (Fsp3) is 0.286. The largest absolute Gasteiger partial charge is 0.465 e. The van der Waals surface area contributed by atoms with Crippen LogP contribution in [0.1, 0.15) is 29.1 Å². The molecule has 2 heterocycles. The molecule has 0 amide bonds. The number of rotatable bonds is 4. The molecule has 1 N–H and O–H groups in total. The van der Waals surface area contributed by atoms with E-state index in [2.05, 4.69) is 25.4 Å². The maximum absolute atomic E-state index is 11.1. The van der Waals surface area contributed by atoms with E-state index in [1.807, 2.05) is 0 Å². The molecule has 0 atom stereocenters. The number of carbonyl (C=O) groups is 2. The second-order valence-corrected chi connectivity index (χ2v) is 7.70. The van der Waals surface area contributed by atoms with Crippen LogP contribution in [0.5, 0.6) is 0 Å². The standard InChI is InChI=1S/C7H6BrClO2S.C7H7ClO3S/c1-11-7(10)6-5(9)2-4(3-8)12-6;1-11-7(10)6-5(8)2-4(3-9)12-6/h2H,3H2,1H3;2,9H,3H2,1H3. The molecule has 5 nitrogen and oxygen atoms in total. The smallest absolute Gasteiger partial charge is 0.349 e. The molecule has 10 heteroatoms. The number of halogens is 3. The van der Waals surface area contributed by atoms with Gasteiger partial charge >= 0.3 is 11.9 Å². The number of ether oxygens (including phenoxy) is 2. The van der Waals surface area contributed by atoms with Crippen LogP contribution in [-0.2, 0) is 21.4 Å². The van der Waals surface area contributed by atoms with Crippen molar-refractivity contribution >= 4 is 73.7 Å². The first-order valence-electron chi connectivity index (χ1n) is 6.27. The minimum Gasteiger partial charge on any atom is -0.465 e. The van der Waals surface area contributed by atoms with Crippen LogP contribution >= 0.6 is 61.8 Å². The van der Waals surface area contributed by atoms with E-state index in [1.165, 1.54) is 25.6 Å². The molecule has 0 fully saturated rings. The summed E-state index contributed by atoms with van der Waals surface area (Å²) < 4.78 is 9.03. The van der Waals surface area contributed by atoms with E-state index in [4.69, 9.17) is 28.3 Å². The summed E-state index contributed by atoms with van der Waals surface area (Å²) in [5.74, 6) is -0.845. The number of methoxy groups -OCH3 is 2. The van der Waals surface area contributed by atoms with E-state index in [-0.39, 0.29) is 12.6 Å². The number of carbonyl (C=O) groups excluding carboxylic acids is 2. The molecule has 2 aromatic rings. The monoisotopic (exact) mass is 474 g/mol. The lowest BCUT2D eigenvalue weighted by Crippen LogP contribution is -1.97. The minimum atomic E-state index is -0.468. The van der Waals surface area contributed by atoms with Gasteiger partial charge in [-0.05, 0) is 12.1 Å². The first-order valence-corrected chi connectivity index (χ1v) is 9.78. The molecule has 0 radical (unpaired) electrons. The van der Waals surface area contributed by atoms with Crippen molar-refractivity contribution in [2.75, 3.05) is 14.2 Å². The zero-order valence-corrected chi connectivity index (χ0v) is 17.3. The van der Waals surface area contributed by atoms with Gasteiger partial charge in [-0.1, -0.05) is 39.1 Å². The Kier molecular flexibility index (Phi) is 9.25. The van der Waals surface area contributed by atoms with Gasteiger partial charge in [-0.15, -0.1) is 22.7 Å². The van der Waals surface area contributed by atoms with Crippen LogP contribution in [0.15, 0.2) is 12.1 Å². The van der Waals surface area contributed by atoms with Crippen molar-refractivity contribution < 1.29 is 24.2 Å². The van der Waals surface area contributed by atoms with Crippen molar-refractivity contribution in [1.82, 2.24) is 0 Å². The third-order valence-electron chi connectivity index (χ3n) is 2.50. The summed E-state index contributed by atoms with van der Waals surface area (Å²) in [7, 11) is 2.63. The van der Waals surface area contributed by atoms with Gasteiger partial charge in [0.15, 0.2) is 0 Å². The molecule has 0 bridgehead atoms. The Morgan fingerprint density at radius 2 is 1.46 bits per heavy atom. The average Bonchev–Trinajstić information content (AvgIpc) is 3.16. The highest BCUT2D eigenvalue weighted by Gasteiger charge is 2.15. The van der Waals surface area contributed by atoms with E-state index in [0.29, 0.717) is 30.0 Å². The van der Waals surface area contributed by atoms with Crippen molar-refractivity contribution in [1.29, 1.82) is 0 Å². The molecule has 0 aromatic carbocycles. The van der Waals surface area contributed by atoms with Gasteiger partial charge in [-0.2, -0.15) is 0 Å². The van der Waals surface area contributed by atoms with Gasteiger partial charge < -0.3 is 14.6 Å². The Bertz CT molecular complexity index is 654. The molecule has 2 aromatic heterocycles. The van der Waals surface area contributed by atoms with Crippen molar-refractivity contribution in [2.45, 2.75) is 11.9 Å². The number of aliphatic hydroxyl groups excluding tert-OH is 1. The lowest BCUT2D eigenvalue weighted by molar-refractivity contribution is 0.0597. The van der Waals surface area contributed by atoms with Gasteiger partial charge in [0.2, 0.25) is 0 Å². The van der Waals surface area contributed by atoms with Crippen molar-refractivity contribution in [3.8, 4) is 0 Å². The van der Waals surface area contributed by atoms with Gasteiger partial charge in [0, 0.05) is 15.1 Å². The summed E-state index contributed by atoms with van der Waals surface area (Å²) in [6.45, 7) is -0.110. The van der Waals surface area contributed by atoms with Gasteiger partial charge in [0.1, 0.15) is 9.75 Å². The Balaban J connectivity index is 0.000000240. The molecule has 0 unspecified atom stereocenters. The van der Waals surface area contributed by atoms with Crippen LogP contribution in [0.2, 0.25) is 10.0 Å². The predicted octanol–water partition coefficient (Wildman–Crippen LogP) is 4.76. The highest BCUT2D eigenvalue weighted by atomic mass is 79.9. The minimum absolute atomic E-state index is 0.110. The van der Waals surface area contributed by atoms with Gasteiger partial charge in [-0.25, -0.2) is 9.59 Å². The lowest BCUT2D eigenvalue weighted by atomic mass is 10.4. The second-order valence-electron chi connectivity index (χ2n) is 4.05.